The summed E-state index contributed by atoms with van der Waals surface area (Å²) < 4.78 is 1.18. The number of thiophene rings is 1. The normalized spacial score (nSPS) is 11.0. The zero-order chi connectivity index (χ0) is 11.1. The van der Waals surface area contributed by atoms with Crippen molar-refractivity contribution in [3.63, 3.8) is 0 Å². The van der Waals surface area contributed by atoms with Gasteiger partial charge >= 0.3 is 5.56 Å². The van der Waals surface area contributed by atoms with E-state index in [0.717, 1.165) is 16.2 Å². The van der Waals surface area contributed by atoms with Crippen LogP contribution in [-0.4, -0.2) is 19.8 Å². The summed E-state index contributed by atoms with van der Waals surface area (Å²) in [4.78, 5) is 13.2. The molecule has 3 aromatic rings. The smallest absolute Gasteiger partial charge is 0.302 e. The number of aromatic nitrogens is 4. The maximum atomic E-state index is 12.0. The van der Waals surface area contributed by atoms with Crippen molar-refractivity contribution in [2.24, 2.45) is 0 Å². The van der Waals surface area contributed by atoms with Crippen LogP contribution in [-0.2, 0) is 0 Å². The van der Waals surface area contributed by atoms with Crippen molar-refractivity contribution in [3.05, 3.63) is 27.9 Å². The maximum Gasteiger partial charge on any atom is 0.302 e. The number of nitrogen functional groups attached to an aromatic ring is 1. The first-order chi connectivity index (χ1) is 7.75. The van der Waals surface area contributed by atoms with Crippen LogP contribution in [0, 0.1) is 0 Å². The van der Waals surface area contributed by atoms with Crippen LogP contribution >= 0.6 is 22.7 Å². The average Bonchev–Trinajstić information content (AvgIpc) is 2.86. The number of fused-ring (bicyclic) bond motifs is 1. The van der Waals surface area contributed by atoms with Crippen molar-refractivity contribution in [1.82, 2.24) is 19.8 Å². The Balaban J connectivity index is 2.36. The third kappa shape index (κ3) is 1.31. The first kappa shape index (κ1) is 9.43. The molecule has 0 saturated heterocycles. The van der Waals surface area contributed by atoms with Gasteiger partial charge in [0, 0.05) is 0 Å². The lowest BCUT2D eigenvalue weighted by molar-refractivity contribution is 0.864. The van der Waals surface area contributed by atoms with Gasteiger partial charge in [0.05, 0.1) is 4.88 Å². The van der Waals surface area contributed by atoms with E-state index in [1.54, 1.807) is 0 Å². The van der Waals surface area contributed by atoms with Crippen molar-refractivity contribution < 1.29 is 0 Å². The van der Waals surface area contributed by atoms with Crippen molar-refractivity contribution in [2.75, 3.05) is 5.73 Å². The highest BCUT2D eigenvalue weighted by Gasteiger charge is 2.12. The molecule has 0 aliphatic carbocycles. The molecule has 0 aromatic carbocycles. The molecule has 3 aromatic heterocycles. The fourth-order valence-corrected chi connectivity index (χ4v) is 2.60. The minimum absolute atomic E-state index is 0.291. The highest BCUT2D eigenvalue weighted by Crippen LogP contribution is 2.20. The van der Waals surface area contributed by atoms with E-state index in [0.29, 0.717) is 15.8 Å². The molecule has 0 bridgehead atoms. The van der Waals surface area contributed by atoms with Gasteiger partial charge in [0.2, 0.25) is 10.1 Å². The fourth-order valence-electron chi connectivity index (χ4n) is 1.30. The van der Waals surface area contributed by atoms with Gasteiger partial charge < -0.3 is 5.73 Å². The van der Waals surface area contributed by atoms with Crippen LogP contribution in [0.2, 0.25) is 0 Å². The zero-order valence-corrected chi connectivity index (χ0v) is 9.46. The van der Waals surface area contributed by atoms with Gasteiger partial charge in [0.1, 0.15) is 0 Å². The van der Waals surface area contributed by atoms with Crippen LogP contribution in [0.15, 0.2) is 22.3 Å². The molecule has 8 heteroatoms. The lowest BCUT2D eigenvalue weighted by Crippen LogP contribution is -2.18. The summed E-state index contributed by atoms with van der Waals surface area (Å²) in [5.74, 6) is 0. The predicted octanol–water partition coefficient (Wildman–Crippen LogP) is 0.857. The van der Waals surface area contributed by atoms with Gasteiger partial charge in [-0.05, 0) is 11.4 Å². The van der Waals surface area contributed by atoms with Gasteiger partial charge in [-0.15, -0.1) is 26.6 Å². The van der Waals surface area contributed by atoms with Crippen LogP contribution in [0.25, 0.3) is 15.5 Å². The molecular weight excluding hydrogens is 246 g/mol. The molecule has 80 valence electrons. The summed E-state index contributed by atoms with van der Waals surface area (Å²) in [6, 6.07) is 3.67. The van der Waals surface area contributed by atoms with E-state index in [4.69, 9.17) is 5.73 Å². The van der Waals surface area contributed by atoms with Crippen LogP contribution in [0.5, 0.6) is 0 Å². The Bertz CT molecular complexity index is 699. The summed E-state index contributed by atoms with van der Waals surface area (Å²) >= 11 is 2.57. The van der Waals surface area contributed by atoms with E-state index in [2.05, 4.69) is 15.3 Å². The van der Waals surface area contributed by atoms with Crippen LogP contribution in [0.3, 0.4) is 0 Å². The summed E-state index contributed by atoms with van der Waals surface area (Å²) in [5.41, 5.74) is 5.52. The van der Waals surface area contributed by atoms with Crippen LogP contribution in [0.4, 0.5) is 5.13 Å². The second-order valence-corrected chi connectivity index (χ2v) is 4.90. The monoisotopic (exact) mass is 251 g/mol. The predicted molar refractivity (Wildman–Crippen MR) is 62.7 cm³/mol. The van der Waals surface area contributed by atoms with Crippen molar-refractivity contribution in [1.29, 1.82) is 0 Å². The second-order valence-electron chi connectivity index (χ2n) is 2.97. The van der Waals surface area contributed by atoms with Gasteiger partial charge in [-0.1, -0.05) is 17.4 Å². The number of hydrogen-bond acceptors (Lipinski definition) is 7. The number of rotatable bonds is 1. The molecule has 0 aliphatic rings. The largest absolute Gasteiger partial charge is 0.374 e. The SMILES string of the molecule is Nc1nn2c(=O)c(-c3cccs3)nnc2s1. The third-order valence-corrected chi connectivity index (χ3v) is 3.57. The lowest BCUT2D eigenvalue weighted by Gasteiger charge is -1.93. The highest BCUT2D eigenvalue weighted by atomic mass is 32.1. The van der Waals surface area contributed by atoms with Gasteiger partial charge in [0.25, 0.3) is 0 Å². The Kier molecular flexibility index (Phi) is 1.98. The Morgan fingerprint density at radius 1 is 1.38 bits per heavy atom. The molecule has 0 unspecified atom stereocenters. The first-order valence-electron chi connectivity index (χ1n) is 4.31. The molecule has 0 spiro atoms. The van der Waals surface area contributed by atoms with E-state index in [1.807, 2.05) is 17.5 Å². The number of nitrogens with zero attached hydrogens (tertiary/aromatic N) is 4. The summed E-state index contributed by atoms with van der Waals surface area (Å²) in [6.07, 6.45) is 0. The molecule has 0 aliphatic heterocycles. The Labute approximate surface area is 97.0 Å². The number of hydrogen-bond donors (Lipinski definition) is 1. The van der Waals surface area contributed by atoms with Crippen LogP contribution in [0.1, 0.15) is 0 Å². The molecular formula is C8H5N5OS2. The second kappa shape index (κ2) is 3.35. The summed E-state index contributed by atoms with van der Waals surface area (Å²) in [7, 11) is 0. The van der Waals surface area contributed by atoms with Crippen molar-refractivity contribution in [3.8, 4) is 10.6 Å². The topological polar surface area (TPSA) is 86.2 Å². The summed E-state index contributed by atoms with van der Waals surface area (Å²) in [6.45, 7) is 0. The Morgan fingerprint density at radius 3 is 3.00 bits per heavy atom. The third-order valence-electron chi connectivity index (χ3n) is 1.96. The molecule has 3 rings (SSSR count). The van der Waals surface area contributed by atoms with Gasteiger partial charge in [0.15, 0.2) is 5.69 Å². The zero-order valence-electron chi connectivity index (χ0n) is 7.82. The number of anilines is 1. The fraction of sp³-hybridized carbons (Fsp3) is 0. The van der Waals surface area contributed by atoms with E-state index in [-0.39, 0.29) is 5.56 Å². The van der Waals surface area contributed by atoms with E-state index < -0.39 is 0 Å². The van der Waals surface area contributed by atoms with E-state index in [1.165, 1.54) is 15.9 Å². The lowest BCUT2D eigenvalue weighted by atomic mass is 10.4. The molecule has 0 radical (unpaired) electrons. The summed E-state index contributed by atoms with van der Waals surface area (Å²) in [5, 5.41) is 13.9. The minimum Gasteiger partial charge on any atom is -0.374 e. The molecule has 3 heterocycles. The molecule has 0 amide bonds. The first-order valence-corrected chi connectivity index (χ1v) is 6.01. The minimum atomic E-state index is -0.291. The van der Waals surface area contributed by atoms with Gasteiger partial charge in [-0.2, -0.15) is 4.52 Å². The molecule has 0 saturated carbocycles. The molecule has 0 atom stereocenters. The van der Waals surface area contributed by atoms with Crippen LogP contribution < -0.4 is 11.3 Å². The quantitative estimate of drug-likeness (QED) is 0.693. The Hall–Kier alpha value is -1.80. The molecule has 16 heavy (non-hydrogen) atoms. The van der Waals surface area contributed by atoms with Gasteiger partial charge in [-0.3, -0.25) is 4.79 Å². The van der Waals surface area contributed by atoms with Crippen molar-refractivity contribution in [2.45, 2.75) is 0 Å². The molecule has 0 fully saturated rings. The standard InChI is InChI=1S/C8H5N5OS2/c9-7-12-13-6(14)5(4-2-1-3-15-4)10-11-8(13)16-7/h1-3H,(H2,9,12). The number of nitrogens with two attached hydrogens (primary N) is 1. The van der Waals surface area contributed by atoms with E-state index in [9.17, 15) is 4.79 Å². The van der Waals surface area contributed by atoms with E-state index >= 15 is 0 Å². The average molecular weight is 251 g/mol. The molecule has 6 nitrogen and oxygen atoms in total. The van der Waals surface area contributed by atoms with Crippen molar-refractivity contribution >= 4 is 32.8 Å². The molecule has 2 N–H and O–H groups in total. The van der Waals surface area contributed by atoms with Gasteiger partial charge in [-0.25, -0.2) is 0 Å². The highest BCUT2D eigenvalue weighted by molar-refractivity contribution is 7.20. The maximum absolute atomic E-state index is 12.0. The Morgan fingerprint density at radius 2 is 2.25 bits per heavy atom.